The van der Waals surface area contributed by atoms with Gasteiger partial charge in [0.15, 0.2) is 0 Å². The predicted molar refractivity (Wildman–Crippen MR) is 69.8 cm³/mol. The summed E-state index contributed by atoms with van der Waals surface area (Å²) in [6.45, 7) is 4.08. The molecule has 1 aromatic carbocycles. The highest BCUT2D eigenvalue weighted by atomic mass is 35.5. The third-order valence-corrected chi connectivity index (χ3v) is 3.53. The molecule has 1 fully saturated rings. The molecule has 1 saturated heterocycles. The van der Waals surface area contributed by atoms with Gasteiger partial charge in [-0.3, -0.25) is 0 Å². The number of hydrogen-bond donors (Lipinski definition) is 2. The maximum absolute atomic E-state index is 5.97. The van der Waals surface area contributed by atoms with Gasteiger partial charge < -0.3 is 16.4 Å². The van der Waals surface area contributed by atoms with Gasteiger partial charge in [0.05, 0.1) is 11.4 Å². The first-order valence-corrected chi connectivity index (χ1v) is 6.01. The molecule has 0 aliphatic carbocycles. The summed E-state index contributed by atoms with van der Waals surface area (Å²) >= 11 is 5.88. The Labute approximate surface area is 101 Å². The number of benzene rings is 1. The van der Waals surface area contributed by atoms with Gasteiger partial charge in [-0.25, -0.2) is 0 Å². The molecule has 3 nitrogen and oxygen atoms in total. The summed E-state index contributed by atoms with van der Waals surface area (Å²) in [5.41, 5.74) is 13.7. The van der Waals surface area contributed by atoms with E-state index in [9.17, 15) is 0 Å². The van der Waals surface area contributed by atoms with Crippen molar-refractivity contribution >= 4 is 23.0 Å². The number of nitrogen functional groups attached to an aromatic ring is 1. The van der Waals surface area contributed by atoms with Crippen LogP contribution in [0.15, 0.2) is 18.2 Å². The number of nitrogens with two attached hydrogens (primary N) is 2. The molecule has 0 radical (unpaired) electrons. The van der Waals surface area contributed by atoms with Crippen molar-refractivity contribution in [2.75, 3.05) is 23.7 Å². The SMILES string of the molecule is CC(N)C1CCN(c2ccc(Cl)cc2N)C1. The van der Waals surface area contributed by atoms with E-state index in [2.05, 4.69) is 11.8 Å². The molecule has 0 amide bonds. The maximum Gasteiger partial charge on any atom is 0.0601 e. The van der Waals surface area contributed by atoms with Crippen LogP contribution in [0.5, 0.6) is 0 Å². The summed E-state index contributed by atoms with van der Waals surface area (Å²) in [5, 5.41) is 0.684. The monoisotopic (exact) mass is 239 g/mol. The van der Waals surface area contributed by atoms with E-state index >= 15 is 0 Å². The number of halogens is 1. The van der Waals surface area contributed by atoms with Gasteiger partial charge in [0.2, 0.25) is 0 Å². The fourth-order valence-electron chi connectivity index (χ4n) is 2.25. The highest BCUT2D eigenvalue weighted by molar-refractivity contribution is 6.31. The fourth-order valence-corrected chi connectivity index (χ4v) is 2.43. The Morgan fingerprint density at radius 1 is 1.50 bits per heavy atom. The first kappa shape index (κ1) is 11.6. The molecule has 4 N–H and O–H groups in total. The van der Waals surface area contributed by atoms with Crippen LogP contribution in [0.4, 0.5) is 11.4 Å². The van der Waals surface area contributed by atoms with E-state index in [4.69, 9.17) is 23.1 Å². The number of rotatable bonds is 2. The van der Waals surface area contributed by atoms with Crippen molar-refractivity contribution in [2.45, 2.75) is 19.4 Å². The molecule has 1 aliphatic heterocycles. The summed E-state index contributed by atoms with van der Waals surface area (Å²) in [6, 6.07) is 5.92. The molecule has 4 heteroatoms. The quantitative estimate of drug-likeness (QED) is 0.778. The molecule has 0 spiro atoms. The molecule has 16 heavy (non-hydrogen) atoms. The largest absolute Gasteiger partial charge is 0.397 e. The molecule has 1 aromatic rings. The molecule has 2 atom stereocenters. The van der Waals surface area contributed by atoms with Gasteiger partial charge in [-0.15, -0.1) is 0 Å². The zero-order valence-electron chi connectivity index (χ0n) is 9.49. The number of anilines is 2. The molecule has 1 heterocycles. The van der Waals surface area contributed by atoms with E-state index in [-0.39, 0.29) is 6.04 Å². The van der Waals surface area contributed by atoms with E-state index < -0.39 is 0 Å². The van der Waals surface area contributed by atoms with Gasteiger partial charge in [-0.2, -0.15) is 0 Å². The van der Waals surface area contributed by atoms with Crippen LogP contribution in [0.2, 0.25) is 5.02 Å². The van der Waals surface area contributed by atoms with E-state index in [0.29, 0.717) is 10.9 Å². The first-order chi connectivity index (χ1) is 7.58. The highest BCUT2D eigenvalue weighted by Gasteiger charge is 2.26. The second-order valence-corrected chi connectivity index (χ2v) is 4.99. The third kappa shape index (κ3) is 2.25. The molecule has 1 aliphatic rings. The lowest BCUT2D eigenvalue weighted by atomic mass is 10.0. The fraction of sp³-hybridized carbons (Fsp3) is 0.500. The second kappa shape index (κ2) is 4.52. The first-order valence-electron chi connectivity index (χ1n) is 5.63. The van der Waals surface area contributed by atoms with E-state index in [0.717, 1.165) is 30.9 Å². The smallest absolute Gasteiger partial charge is 0.0601 e. The topological polar surface area (TPSA) is 55.3 Å². The van der Waals surface area contributed by atoms with Gasteiger partial charge in [-0.05, 0) is 37.5 Å². The van der Waals surface area contributed by atoms with E-state index in [1.54, 1.807) is 6.07 Å². The minimum atomic E-state index is 0.249. The summed E-state index contributed by atoms with van der Waals surface area (Å²) in [7, 11) is 0. The Morgan fingerprint density at radius 2 is 2.25 bits per heavy atom. The van der Waals surface area contributed by atoms with Gasteiger partial charge in [0.1, 0.15) is 0 Å². The van der Waals surface area contributed by atoms with Crippen molar-refractivity contribution < 1.29 is 0 Å². The van der Waals surface area contributed by atoms with Crippen molar-refractivity contribution in [3.8, 4) is 0 Å². The normalized spacial score (nSPS) is 22.4. The Kier molecular flexibility index (Phi) is 3.26. The summed E-state index contributed by atoms with van der Waals surface area (Å²) in [4.78, 5) is 2.29. The Bertz CT molecular complexity index is 379. The Balaban J connectivity index is 2.14. The van der Waals surface area contributed by atoms with Crippen molar-refractivity contribution in [3.05, 3.63) is 23.2 Å². The Hall–Kier alpha value is -0.930. The van der Waals surface area contributed by atoms with Crippen molar-refractivity contribution in [1.29, 1.82) is 0 Å². The van der Waals surface area contributed by atoms with Gasteiger partial charge in [-0.1, -0.05) is 11.6 Å². The van der Waals surface area contributed by atoms with Crippen LogP contribution in [0.25, 0.3) is 0 Å². The minimum absolute atomic E-state index is 0.249. The Morgan fingerprint density at radius 3 is 2.81 bits per heavy atom. The summed E-state index contributed by atoms with van der Waals surface area (Å²) < 4.78 is 0. The molecule has 0 bridgehead atoms. The van der Waals surface area contributed by atoms with Crippen LogP contribution in [0, 0.1) is 5.92 Å². The maximum atomic E-state index is 5.97. The molecule has 0 aromatic heterocycles. The second-order valence-electron chi connectivity index (χ2n) is 4.56. The van der Waals surface area contributed by atoms with Crippen molar-refractivity contribution in [2.24, 2.45) is 11.7 Å². The molecule has 2 unspecified atom stereocenters. The summed E-state index contributed by atoms with van der Waals surface area (Å²) in [5.74, 6) is 0.565. The molecule has 2 rings (SSSR count). The predicted octanol–water partition coefficient (Wildman–Crippen LogP) is 2.10. The van der Waals surface area contributed by atoms with Crippen LogP contribution in [0.1, 0.15) is 13.3 Å². The van der Waals surface area contributed by atoms with Crippen molar-refractivity contribution in [1.82, 2.24) is 0 Å². The van der Waals surface area contributed by atoms with Gasteiger partial charge in [0, 0.05) is 24.2 Å². The lowest BCUT2D eigenvalue weighted by Crippen LogP contribution is -2.29. The van der Waals surface area contributed by atoms with Crippen molar-refractivity contribution in [3.63, 3.8) is 0 Å². The summed E-state index contributed by atoms with van der Waals surface area (Å²) in [6.07, 6.45) is 1.14. The standard InChI is InChI=1S/C12H18ClN3/c1-8(14)9-4-5-16(7-9)12-3-2-10(13)6-11(12)15/h2-3,6,8-9H,4-5,7,14-15H2,1H3. The van der Waals surface area contributed by atoms with E-state index in [1.807, 2.05) is 12.1 Å². The van der Waals surface area contributed by atoms with Crippen LogP contribution in [-0.4, -0.2) is 19.1 Å². The third-order valence-electron chi connectivity index (χ3n) is 3.30. The zero-order chi connectivity index (χ0) is 11.7. The number of nitrogens with zero attached hydrogens (tertiary/aromatic N) is 1. The van der Waals surface area contributed by atoms with E-state index in [1.165, 1.54) is 0 Å². The van der Waals surface area contributed by atoms with Crippen LogP contribution in [0.3, 0.4) is 0 Å². The molecule has 0 saturated carbocycles. The molecule has 88 valence electrons. The van der Waals surface area contributed by atoms with Crippen LogP contribution in [-0.2, 0) is 0 Å². The highest BCUT2D eigenvalue weighted by Crippen LogP contribution is 2.31. The lowest BCUT2D eigenvalue weighted by molar-refractivity contribution is 0.488. The van der Waals surface area contributed by atoms with Crippen LogP contribution < -0.4 is 16.4 Å². The molecular formula is C12H18ClN3. The lowest BCUT2D eigenvalue weighted by Gasteiger charge is -2.21. The number of hydrogen-bond acceptors (Lipinski definition) is 3. The van der Waals surface area contributed by atoms with Crippen LogP contribution >= 0.6 is 11.6 Å². The average Bonchev–Trinajstić information content (AvgIpc) is 2.66. The average molecular weight is 240 g/mol. The van der Waals surface area contributed by atoms with Gasteiger partial charge in [0.25, 0.3) is 0 Å². The minimum Gasteiger partial charge on any atom is -0.397 e. The zero-order valence-corrected chi connectivity index (χ0v) is 10.2. The molecular weight excluding hydrogens is 222 g/mol. The van der Waals surface area contributed by atoms with Gasteiger partial charge >= 0.3 is 0 Å².